The second-order valence-electron chi connectivity index (χ2n) is 4.98. The molecule has 19 heavy (non-hydrogen) atoms. The normalized spacial score (nSPS) is 12.5. The molecular formula is C14H23FN2OS. The lowest BCUT2D eigenvalue weighted by Crippen LogP contribution is -2.15. The molecule has 0 saturated heterocycles. The zero-order valence-electron chi connectivity index (χ0n) is 12.0. The van der Waals surface area contributed by atoms with Crippen molar-refractivity contribution in [3.8, 4) is 5.75 Å². The Morgan fingerprint density at radius 1 is 1.37 bits per heavy atom. The average molecular weight is 286 g/mol. The number of nitrogens with two attached hydrogens (primary N) is 1. The predicted octanol–water partition coefficient (Wildman–Crippen LogP) is 3.61. The minimum absolute atomic E-state index is 0.0682. The first-order chi connectivity index (χ1) is 8.93. The van der Waals surface area contributed by atoms with Crippen LogP contribution in [0.5, 0.6) is 5.75 Å². The fourth-order valence-electron chi connectivity index (χ4n) is 1.69. The lowest BCUT2D eigenvalue weighted by molar-refractivity contribution is 0.231. The highest BCUT2D eigenvalue weighted by atomic mass is 32.2. The van der Waals surface area contributed by atoms with Crippen LogP contribution in [0.2, 0.25) is 0 Å². The monoisotopic (exact) mass is 286 g/mol. The number of thioether (sulfide) groups is 1. The molecule has 0 bridgehead atoms. The van der Waals surface area contributed by atoms with Crippen molar-refractivity contribution in [3.63, 3.8) is 0 Å². The molecule has 1 rings (SSSR count). The Morgan fingerprint density at radius 3 is 2.63 bits per heavy atom. The average Bonchev–Trinajstić information content (AvgIpc) is 2.31. The number of halogens is 1. The van der Waals surface area contributed by atoms with E-state index >= 15 is 0 Å². The van der Waals surface area contributed by atoms with Gasteiger partial charge in [-0.05, 0) is 31.8 Å². The maximum atomic E-state index is 13.7. The number of nitrogen functional groups attached to an aromatic ring is 1. The van der Waals surface area contributed by atoms with Crippen LogP contribution < -0.4 is 15.8 Å². The summed E-state index contributed by atoms with van der Waals surface area (Å²) in [6.07, 6.45) is 2.01. The van der Waals surface area contributed by atoms with Gasteiger partial charge in [-0.25, -0.2) is 4.39 Å². The highest BCUT2D eigenvalue weighted by molar-refractivity contribution is 7.98. The number of hydrogen-bond acceptors (Lipinski definition) is 4. The van der Waals surface area contributed by atoms with Gasteiger partial charge in [-0.15, -0.1) is 0 Å². The Bertz CT molecular complexity index is 413. The topological polar surface area (TPSA) is 47.3 Å². The van der Waals surface area contributed by atoms with E-state index in [9.17, 15) is 4.39 Å². The van der Waals surface area contributed by atoms with Gasteiger partial charge < -0.3 is 15.8 Å². The molecule has 0 aliphatic rings. The Labute approximate surface area is 119 Å². The quantitative estimate of drug-likeness (QED) is 0.752. The number of anilines is 2. The van der Waals surface area contributed by atoms with E-state index in [2.05, 4.69) is 18.5 Å². The van der Waals surface area contributed by atoms with Crippen molar-refractivity contribution in [3.05, 3.63) is 17.9 Å². The van der Waals surface area contributed by atoms with Crippen molar-refractivity contribution in [2.75, 3.05) is 29.6 Å². The molecule has 1 unspecified atom stereocenters. The number of ether oxygens (including phenoxy) is 1. The van der Waals surface area contributed by atoms with E-state index in [1.54, 1.807) is 6.07 Å². The van der Waals surface area contributed by atoms with Crippen molar-refractivity contribution in [1.29, 1.82) is 0 Å². The number of rotatable bonds is 7. The second-order valence-corrected chi connectivity index (χ2v) is 5.89. The first kappa shape index (κ1) is 16.0. The van der Waals surface area contributed by atoms with Crippen molar-refractivity contribution >= 4 is 23.1 Å². The van der Waals surface area contributed by atoms with Gasteiger partial charge in [-0.1, -0.05) is 6.92 Å². The van der Waals surface area contributed by atoms with Gasteiger partial charge in [-0.3, -0.25) is 0 Å². The molecule has 0 amide bonds. The van der Waals surface area contributed by atoms with Crippen molar-refractivity contribution < 1.29 is 9.13 Å². The third-order valence-electron chi connectivity index (χ3n) is 2.56. The van der Waals surface area contributed by atoms with Crippen LogP contribution in [0, 0.1) is 11.7 Å². The summed E-state index contributed by atoms with van der Waals surface area (Å²) in [5, 5.41) is 3.25. The molecule has 0 heterocycles. The number of benzene rings is 1. The number of hydrogen-bond donors (Lipinski definition) is 2. The summed E-state index contributed by atoms with van der Waals surface area (Å²) in [6, 6.07) is 2.94. The van der Waals surface area contributed by atoms with Crippen LogP contribution >= 0.6 is 11.8 Å². The van der Waals surface area contributed by atoms with E-state index in [0.717, 1.165) is 18.0 Å². The molecule has 0 saturated carbocycles. The third-order valence-corrected chi connectivity index (χ3v) is 3.46. The molecule has 1 aromatic carbocycles. The molecule has 0 aliphatic heterocycles. The standard InChI is InChI=1S/C14H23FN2OS/c1-9(2)18-14-6-13(12(16)5-11(14)15)17-7-10(3)8-19-4/h5-6,9-10,17H,7-8,16H2,1-4H3. The van der Waals surface area contributed by atoms with Gasteiger partial charge in [0.25, 0.3) is 0 Å². The minimum atomic E-state index is -0.422. The molecule has 1 atom stereocenters. The van der Waals surface area contributed by atoms with Gasteiger partial charge in [0.05, 0.1) is 17.5 Å². The molecule has 0 fully saturated rings. The smallest absolute Gasteiger partial charge is 0.167 e. The fraction of sp³-hybridized carbons (Fsp3) is 0.571. The van der Waals surface area contributed by atoms with Crippen LogP contribution in [0.25, 0.3) is 0 Å². The molecule has 0 aliphatic carbocycles. The van der Waals surface area contributed by atoms with Crippen LogP contribution in [0.4, 0.5) is 15.8 Å². The molecule has 3 nitrogen and oxygen atoms in total. The summed E-state index contributed by atoms with van der Waals surface area (Å²) in [5.41, 5.74) is 6.95. The van der Waals surface area contributed by atoms with Crippen molar-refractivity contribution in [1.82, 2.24) is 0 Å². The van der Waals surface area contributed by atoms with E-state index in [-0.39, 0.29) is 11.9 Å². The fourth-order valence-corrected chi connectivity index (χ4v) is 2.38. The Morgan fingerprint density at radius 2 is 2.05 bits per heavy atom. The summed E-state index contributed by atoms with van der Waals surface area (Å²) in [4.78, 5) is 0. The van der Waals surface area contributed by atoms with E-state index < -0.39 is 5.82 Å². The summed E-state index contributed by atoms with van der Waals surface area (Å²) in [6.45, 7) is 6.69. The molecule has 5 heteroatoms. The van der Waals surface area contributed by atoms with Gasteiger partial charge in [0.2, 0.25) is 0 Å². The predicted molar refractivity (Wildman–Crippen MR) is 82.6 cm³/mol. The summed E-state index contributed by atoms with van der Waals surface area (Å²) in [7, 11) is 0. The lowest BCUT2D eigenvalue weighted by atomic mass is 10.2. The Hall–Kier alpha value is -1.10. The van der Waals surface area contributed by atoms with E-state index in [0.29, 0.717) is 11.6 Å². The Kier molecular flexibility index (Phi) is 6.28. The third kappa shape index (κ3) is 5.19. The lowest BCUT2D eigenvalue weighted by Gasteiger charge is -2.17. The van der Waals surface area contributed by atoms with Crippen LogP contribution in [0.3, 0.4) is 0 Å². The molecule has 108 valence electrons. The van der Waals surface area contributed by atoms with E-state index in [4.69, 9.17) is 10.5 Å². The van der Waals surface area contributed by atoms with Crippen molar-refractivity contribution in [2.24, 2.45) is 5.92 Å². The van der Waals surface area contributed by atoms with Gasteiger partial charge in [0, 0.05) is 18.7 Å². The first-order valence-corrected chi connectivity index (χ1v) is 7.82. The molecular weight excluding hydrogens is 263 g/mol. The Balaban J connectivity index is 2.77. The van der Waals surface area contributed by atoms with Crippen LogP contribution in [-0.2, 0) is 0 Å². The van der Waals surface area contributed by atoms with Crippen LogP contribution in [0.15, 0.2) is 12.1 Å². The van der Waals surface area contributed by atoms with E-state index in [1.165, 1.54) is 6.07 Å². The van der Waals surface area contributed by atoms with Gasteiger partial charge in [0.1, 0.15) is 0 Å². The molecule has 0 radical (unpaired) electrons. The van der Waals surface area contributed by atoms with Crippen LogP contribution in [-0.4, -0.2) is 24.7 Å². The zero-order chi connectivity index (χ0) is 14.4. The highest BCUT2D eigenvalue weighted by Gasteiger charge is 2.11. The summed E-state index contributed by atoms with van der Waals surface area (Å²) in [5.74, 6) is 1.41. The summed E-state index contributed by atoms with van der Waals surface area (Å²) >= 11 is 1.81. The summed E-state index contributed by atoms with van der Waals surface area (Å²) < 4.78 is 19.1. The van der Waals surface area contributed by atoms with Gasteiger partial charge in [0.15, 0.2) is 11.6 Å². The first-order valence-electron chi connectivity index (χ1n) is 6.42. The molecule has 3 N–H and O–H groups in total. The van der Waals surface area contributed by atoms with Crippen LogP contribution in [0.1, 0.15) is 20.8 Å². The maximum Gasteiger partial charge on any atom is 0.167 e. The molecule has 0 spiro atoms. The second kappa shape index (κ2) is 7.48. The van der Waals surface area contributed by atoms with Gasteiger partial charge >= 0.3 is 0 Å². The SMILES string of the molecule is CSCC(C)CNc1cc(OC(C)C)c(F)cc1N. The highest BCUT2D eigenvalue weighted by Crippen LogP contribution is 2.29. The zero-order valence-corrected chi connectivity index (χ0v) is 12.8. The molecule has 0 aromatic heterocycles. The molecule has 1 aromatic rings. The van der Waals surface area contributed by atoms with E-state index in [1.807, 2.05) is 25.6 Å². The maximum absolute atomic E-state index is 13.7. The largest absolute Gasteiger partial charge is 0.488 e. The van der Waals surface area contributed by atoms with Crippen molar-refractivity contribution in [2.45, 2.75) is 26.9 Å². The minimum Gasteiger partial charge on any atom is -0.488 e. The van der Waals surface area contributed by atoms with Gasteiger partial charge in [-0.2, -0.15) is 11.8 Å². The number of nitrogens with one attached hydrogen (secondary N) is 1.